The number of nitrogens with zero attached hydrogens (tertiary/aromatic N) is 2. The van der Waals surface area contributed by atoms with E-state index in [2.05, 4.69) is 20.5 Å². The van der Waals surface area contributed by atoms with E-state index in [0.29, 0.717) is 17.2 Å². The number of benzene rings is 1. The van der Waals surface area contributed by atoms with Gasteiger partial charge in [-0.3, -0.25) is 5.10 Å². The third-order valence-electron chi connectivity index (χ3n) is 2.31. The normalized spacial score (nSPS) is 12.4. The first kappa shape index (κ1) is 11.7. The maximum absolute atomic E-state index is 13.1. The zero-order valence-corrected chi connectivity index (χ0v) is 9.79. The van der Waals surface area contributed by atoms with Crippen molar-refractivity contribution in [1.82, 2.24) is 15.2 Å². The number of rotatable bonds is 3. The molecule has 1 unspecified atom stereocenters. The predicted molar refractivity (Wildman–Crippen MR) is 64.2 cm³/mol. The lowest BCUT2D eigenvalue weighted by Crippen LogP contribution is -2.10. The van der Waals surface area contributed by atoms with Crippen molar-refractivity contribution in [1.29, 1.82) is 0 Å². The summed E-state index contributed by atoms with van der Waals surface area (Å²) in [6.07, 6.45) is 1.41. The second-order valence-corrected chi connectivity index (χ2v) is 4.00. The van der Waals surface area contributed by atoms with Crippen molar-refractivity contribution < 1.29 is 4.39 Å². The van der Waals surface area contributed by atoms with Crippen LogP contribution in [0.15, 0.2) is 18.5 Å². The van der Waals surface area contributed by atoms with E-state index >= 15 is 0 Å². The molecule has 2 rings (SSSR count). The quantitative estimate of drug-likeness (QED) is 0.736. The summed E-state index contributed by atoms with van der Waals surface area (Å²) in [4.78, 5) is 4.00. The van der Waals surface area contributed by atoms with Crippen LogP contribution < -0.4 is 11.1 Å². The Hall–Kier alpha value is -1.82. The molecule has 0 aliphatic rings. The third kappa shape index (κ3) is 2.47. The molecule has 17 heavy (non-hydrogen) atoms. The molecule has 5 nitrogen and oxygen atoms in total. The monoisotopic (exact) mass is 255 g/mol. The molecule has 4 N–H and O–H groups in total. The van der Waals surface area contributed by atoms with Crippen molar-refractivity contribution in [2.75, 3.05) is 11.1 Å². The van der Waals surface area contributed by atoms with Crippen LogP contribution in [0.3, 0.4) is 0 Å². The lowest BCUT2D eigenvalue weighted by atomic mass is 10.2. The summed E-state index contributed by atoms with van der Waals surface area (Å²) >= 11 is 5.69. The second-order valence-electron chi connectivity index (χ2n) is 3.59. The number of nitrogens with two attached hydrogens (primary N) is 1. The molecule has 1 aromatic heterocycles. The second kappa shape index (κ2) is 4.58. The van der Waals surface area contributed by atoms with Gasteiger partial charge in [-0.1, -0.05) is 11.6 Å². The number of H-pyrrole nitrogens is 1. The molecular formula is C10H11ClFN5. The van der Waals surface area contributed by atoms with Crippen molar-refractivity contribution in [3.05, 3.63) is 35.1 Å². The Morgan fingerprint density at radius 2 is 2.29 bits per heavy atom. The summed E-state index contributed by atoms with van der Waals surface area (Å²) in [6.45, 7) is 1.87. The Morgan fingerprint density at radius 3 is 2.94 bits per heavy atom. The fourth-order valence-corrected chi connectivity index (χ4v) is 1.58. The Labute approximate surface area is 102 Å². The molecule has 0 fully saturated rings. The fraction of sp³-hybridized carbons (Fsp3) is 0.200. The fourth-order valence-electron chi connectivity index (χ4n) is 1.41. The highest BCUT2D eigenvalue weighted by molar-refractivity contribution is 6.31. The lowest BCUT2D eigenvalue weighted by Gasteiger charge is -2.15. The minimum Gasteiger partial charge on any atom is -0.397 e. The van der Waals surface area contributed by atoms with Crippen LogP contribution in [0.25, 0.3) is 0 Å². The van der Waals surface area contributed by atoms with Crippen LogP contribution in [-0.4, -0.2) is 15.2 Å². The zero-order valence-electron chi connectivity index (χ0n) is 9.04. The van der Waals surface area contributed by atoms with Crippen LogP contribution >= 0.6 is 11.6 Å². The van der Waals surface area contributed by atoms with Gasteiger partial charge >= 0.3 is 0 Å². The number of anilines is 2. The summed E-state index contributed by atoms with van der Waals surface area (Å²) in [5.41, 5.74) is 6.53. The van der Waals surface area contributed by atoms with Gasteiger partial charge in [0, 0.05) is 6.07 Å². The van der Waals surface area contributed by atoms with Crippen LogP contribution in [0.5, 0.6) is 0 Å². The molecule has 1 atom stereocenters. The molecular weight excluding hydrogens is 245 g/mol. The molecule has 0 aliphatic carbocycles. The Balaban J connectivity index is 2.22. The Kier molecular flexibility index (Phi) is 3.14. The van der Waals surface area contributed by atoms with Gasteiger partial charge in [-0.15, -0.1) is 0 Å². The molecule has 0 aliphatic heterocycles. The third-order valence-corrected chi connectivity index (χ3v) is 2.60. The summed E-state index contributed by atoms with van der Waals surface area (Å²) < 4.78 is 13.1. The summed E-state index contributed by atoms with van der Waals surface area (Å²) in [5, 5.41) is 9.57. The van der Waals surface area contributed by atoms with Gasteiger partial charge in [0.1, 0.15) is 18.0 Å². The molecule has 1 heterocycles. The SMILES string of the molecule is CC(Nc1cc(Cl)c(F)cc1N)c1ncn[nH]1. The standard InChI is InChI=1S/C10H11ClFN5/c1-5(10-14-4-15-17-10)16-9-2-6(11)7(12)3-8(9)13/h2-5,16H,13H2,1H3,(H,14,15,17). The van der Waals surface area contributed by atoms with Crippen molar-refractivity contribution in [3.63, 3.8) is 0 Å². The van der Waals surface area contributed by atoms with Gasteiger partial charge in [-0.05, 0) is 13.0 Å². The van der Waals surface area contributed by atoms with E-state index in [-0.39, 0.29) is 11.1 Å². The number of nitrogens with one attached hydrogen (secondary N) is 2. The minimum absolute atomic E-state index is 0.0199. The van der Waals surface area contributed by atoms with E-state index in [1.165, 1.54) is 18.5 Å². The van der Waals surface area contributed by atoms with E-state index < -0.39 is 5.82 Å². The van der Waals surface area contributed by atoms with Crippen molar-refractivity contribution in [2.45, 2.75) is 13.0 Å². The first-order valence-electron chi connectivity index (χ1n) is 4.94. The minimum atomic E-state index is -0.540. The molecule has 2 aromatic rings. The highest BCUT2D eigenvalue weighted by Crippen LogP contribution is 2.28. The lowest BCUT2D eigenvalue weighted by molar-refractivity contribution is 0.629. The number of halogens is 2. The Bertz CT molecular complexity index is 514. The van der Waals surface area contributed by atoms with Crippen LogP contribution in [0.4, 0.5) is 15.8 Å². The average Bonchev–Trinajstić information content (AvgIpc) is 2.79. The highest BCUT2D eigenvalue weighted by atomic mass is 35.5. The average molecular weight is 256 g/mol. The number of hydrogen-bond donors (Lipinski definition) is 3. The first-order valence-corrected chi connectivity index (χ1v) is 5.32. The molecule has 7 heteroatoms. The van der Waals surface area contributed by atoms with Crippen molar-refractivity contribution in [2.24, 2.45) is 0 Å². The zero-order chi connectivity index (χ0) is 12.4. The van der Waals surface area contributed by atoms with E-state index in [9.17, 15) is 4.39 Å². The van der Waals surface area contributed by atoms with E-state index in [0.717, 1.165) is 0 Å². The highest BCUT2D eigenvalue weighted by Gasteiger charge is 2.12. The summed E-state index contributed by atoms with van der Waals surface area (Å²) in [5.74, 6) is 0.117. The van der Waals surface area contributed by atoms with Crippen LogP contribution in [0.1, 0.15) is 18.8 Å². The number of aromatic nitrogens is 3. The smallest absolute Gasteiger partial charge is 0.146 e. The molecule has 0 bridgehead atoms. The van der Waals surface area contributed by atoms with Gasteiger partial charge < -0.3 is 11.1 Å². The number of nitrogen functional groups attached to an aromatic ring is 1. The van der Waals surface area contributed by atoms with Gasteiger partial charge in [0.15, 0.2) is 0 Å². The molecule has 0 radical (unpaired) electrons. The maximum atomic E-state index is 13.1. The molecule has 0 saturated carbocycles. The van der Waals surface area contributed by atoms with Crippen LogP contribution in [0.2, 0.25) is 5.02 Å². The van der Waals surface area contributed by atoms with Crippen LogP contribution in [-0.2, 0) is 0 Å². The molecule has 90 valence electrons. The molecule has 1 aromatic carbocycles. The van der Waals surface area contributed by atoms with Gasteiger partial charge in [0.05, 0.1) is 22.4 Å². The van der Waals surface area contributed by atoms with Crippen molar-refractivity contribution in [3.8, 4) is 0 Å². The van der Waals surface area contributed by atoms with E-state index in [4.69, 9.17) is 17.3 Å². The predicted octanol–water partition coefficient (Wildman–Crippen LogP) is 2.35. The topological polar surface area (TPSA) is 79.6 Å². The number of hydrogen-bond acceptors (Lipinski definition) is 4. The van der Waals surface area contributed by atoms with Gasteiger partial charge in [-0.2, -0.15) is 5.10 Å². The van der Waals surface area contributed by atoms with E-state index in [1.54, 1.807) is 0 Å². The van der Waals surface area contributed by atoms with Crippen molar-refractivity contribution >= 4 is 23.0 Å². The first-order chi connectivity index (χ1) is 8.08. The summed E-state index contributed by atoms with van der Waals surface area (Å²) in [7, 11) is 0. The Morgan fingerprint density at radius 1 is 1.53 bits per heavy atom. The van der Waals surface area contributed by atoms with Crippen LogP contribution in [0, 0.1) is 5.82 Å². The maximum Gasteiger partial charge on any atom is 0.146 e. The summed E-state index contributed by atoms with van der Waals surface area (Å²) in [6, 6.07) is 2.48. The number of aromatic amines is 1. The van der Waals surface area contributed by atoms with Gasteiger partial charge in [0.25, 0.3) is 0 Å². The molecule has 0 spiro atoms. The van der Waals surface area contributed by atoms with E-state index in [1.807, 2.05) is 6.92 Å². The van der Waals surface area contributed by atoms with Gasteiger partial charge in [0.2, 0.25) is 0 Å². The molecule has 0 saturated heterocycles. The largest absolute Gasteiger partial charge is 0.397 e. The molecule has 0 amide bonds. The van der Waals surface area contributed by atoms with Gasteiger partial charge in [-0.25, -0.2) is 9.37 Å².